The Kier molecular flexibility index (Phi) is 7.64. The lowest BCUT2D eigenvalue weighted by atomic mass is 9.63. The van der Waals surface area contributed by atoms with Crippen LogP contribution in [0.4, 0.5) is 0 Å². The molecule has 5 rings (SSSR count). The van der Waals surface area contributed by atoms with E-state index in [0.29, 0.717) is 49.2 Å². The Morgan fingerprint density at radius 2 is 1.45 bits per heavy atom. The summed E-state index contributed by atoms with van der Waals surface area (Å²) in [7, 11) is 0. The summed E-state index contributed by atoms with van der Waals surface area (Å²) in [6.45, 7) is 8.27. The molecular formula is C32H33Br2NO5. The molecule has 8 heteroatoms. The first-order valence-corrected chi connectivity index (χ1v) is 15.0. The van der Waals surface area contributed by atoms with Gasteiger partial charge in [-0.15, -0.1) is 0 Å². The van der Waals surface area contributed by atoms with E-state index in [1.807, 2.05) is 70.2 Å². The van der Waals surface area contributed by atoms with Crippen LogP contribution in [0.2, 0.25) is 0 Å². The van der Waals surface area contributed by atoms with Gasteiger partial charge in [0, 0.05) is 45.8 Å². The average Bonchev–Trinajstić information content (AvgIpc) is 2.83. The van der Waals surface area contributed by atoms with Crippen molar-refractivity contribution in [2.24, 2.45) is 10.8 Å². The first kappa shape index (κ1) is 28.8. The van der Waals surface area contributed by atoms with Crippen molar-refractivity contribution in [3.05, 3.63) is 85.1 Å². The fourth-order valence-corrected chi connectivity index (χ4v) is 7.04. The smallest absolute Gasteiger partial charge is 0.323 e. The van der Waals surface area contributed by atoms with E-state index in [2.05, 4.69) is 31.9 Å². The van der Waals surface area contributed by atoms with Crippen molar-refractivity contribution in [2.45, 2.75) is 65.9 Å². The molecule has 2 aliphatic carbocycles. The largest absolute Gasteiger partial charge is 0.488 e. The minimum absolute atomic E-state index is 0.0255. The second-order valence-corrected chi connectivity index (χ2v) is 14.4. The highest BCUT2D eigenvalue weighted by Crippen LogP contribution is 2.54. The summed E-state index contributed by atoms with van der Waals surface area (Å²) in [5.41, 5.74) is 3.82. The summed E-state index contributed by atoms with van der Waals surface area (Å²) in [6.07, 6.45) is 1.83. The van der Waals surface area contributed by atoms with E-state index in [1.165, 1.54) is 0 Å². The molecule has 1 N–H and O–H groups in total. The highest BCUT2D eigenvalue weighted by Gasteiger charge is 2.49. The van der Waals surface area contributed by atoms with Gasteiger partial charge in [-0.1, -0.05) is 61.8 Å². The van der Waals surface area contributed by atoms with Gasteiger partial charge in [0.25, 0.3) is 0 Å². The fraction of sp³-hybridized carbons (Fsp3) is 0.406. The maximum absolute atomic E-state index is 13.8. The quantitative estimate of drug-likeness (QED) is 0.342. The first-order chi connectivity index (χ1) is 18.7. The van der Waals surface area contributed by atoms with E-state index in [0.717, 1.165) is 31.5 Å². The Bertz CT molecular complexity index is 1410. The summed E-state index contributed by atoms with van der Waals surface area (Å²) in [5, 5.41) is 9.86. The molecule has 0 aromatic heterocycles. The predicted octanol–water partition coefficient (Wildman–Crippen LogP) is 7.56. The Morgan fingerprint density at radius 3 is 1.95 bits per heavy atom. The van der Waals surface area contributed by atoms with Gasteiger partial charge in [0.15, 0.2) is 11.6 Å². The summed E-state index contributed by atoms with van der Waals surface area (Å²) in [5.74, 6) is -0.923. The minimum atomic E-state index is -0.987. The topological polar surface area (TPSA) is 83.9 Å². The second kappa shape index (κ2) is 10.6. The molecule has 1 heterocycles. The molecule has 0 spiro atoms. The number of hydrogen-bond donors (Lipinski definition) is 1. The van der Waals surface area contributed by atoms with Gasteiger partial charge in [-0.25, -0.2) is 0 Å². The molecule has 0 bridgehead atoms. The molecule has 0 radical (unpaired) electrons. The van der Waals surface area contributed by atoms with Crippen LogP contribution in [0.3, 0.4) is 0 Å². The van der Waals surface area contributed by atoms with Crippen molar-refractivity contribution in [3.8, 4) is 5.75 Å². The van der Waals surface area contributed by atoms with Crippen LogP contribution < -0.4 is 4.74 Å². The molecule has 6 nitrogen and oxygen atoms in total. The van der Waals surface area contributed by atoms with Crippen molar-refractivity contribution < 1.29 is 24.2 Å². The number of carboxylic acid groups (broad SMARTS) is 1. The van der Waals surface area contributed by atoms with Crippen LogP contribution in [0, 0.1) is 10.8 Å². The number of carbonyl (C=O) groups excluding carboxylic acids is 2. The lowest BCUT2D eigenvalue weighted by Crippen LogP contribution is -2.45. The number of carbonyl (C=O) groups is 3. The molecule has 2 aromatic carbocycles. The molecule has 210 valence electrons. The number of aliphatic carboxylic acids is 1. The van der Waals surface area contributed by atoms with Crippen LogP contribution in [0.25, 0.3) is 0 Å². The van der Waals surface area contributed by atoms with Gasteiger partial charge in [0.1, 0.15) is 18.9 Å². The molecule has 0 atom stereocenters. The third-order valence-electron chi connectivity index (χ3n) is 7.91. The van der Waals surface area contributed by atoms with Crippen molar-refractivity contribution >= 4 is 49.4 Å². The standard InChI is InChI=1S/C32H33Br2NO5/c1-31(2)12-22-29(24(36)14-31)28(30-23(35(22)16-27(38)39)13-32(3,4)15-25(30)37)19-7-10-26(21(34)11-19)40-17-18-5-8-20(33)9-6-18/h5-11,28H,12-17H2,1-4H3,(H,38,39). The molecule has 0 saturated carbocycles. The molecule has 0 fully saturated rings. The maximum Gasteiger partial charge on any atom is 0.323 e. The molecular weight excluding hydrogens is 638 g/mol. The number of nitrogens with zero attached hydrogens (tertiary/aromatic N) is 1. The van der Waals surface area contributed by atoms with E-state index >= 15 is 0 Å². The van der Waals surface area contributed by atoms with Crippen LogP contribution in [-0.4, -0.2) is 34.1 Å². The summed E-state index contributed by atoms with van der Waals surface area (Å²) in [4.78, 5) is 41.4. The van der Waals surface area contributed by atoms with Crippen molar-refractivity contribution in [1.82, 2.24) is 4.90 Å². The predicted molar refractivity (Wildman–Crippen MR) is 160 cm³/mol. The minimum Gasteiger partial charge on any atom is -0.488 e. The van der Waals surface area contributed by atoms with Gasteiger partial charge >= 0.3 is 5.97 Å². The number of halogens is 2. The third kappa shape index (κ3) is 5.70. The van der Waals surface area contributed by atoms with Gasteiger partial charge in [-0.2, -0.15) is 0 Å². The lowest BCUT2D eigenvalue weighted by molar-refractivity contribution is -0.138. The van der Waals surface area contributed by atoms with Gasteiger partial charge < -0.3 is 14.7 Å². The van der Waals surface area contributed by atoms with Crippen molar-refractivity contribution in [2.75, 3.05) is 6.54 Å². The average molecular weight is 671 g/mol. The number of ketones is 2. The second-order valence-electron chi connectivity index (χ2n) is 12.6. The van der Waals surface area contributed by atoms with E-state index < -0.39 is 11.9 Å². The first-order valence-electron chi connectivity index (χ1n) is 13.4. The highest BCUT2D eigenvalue weighted by atomic mass is 79.9. The number of rotatable bonds is 6. The number of benzene rings is 2. The monoisotopic (exact) mass is 669 g/mol. The molecule has 2 aromatic rings. The maximum atomic E-state index is 13.8. The van der Waals surface area contributed by atoms with Crippen LogP contribution in [0.15, 0.2) is 74.0 Å². The normalized spacial score (nSPS) is 20.4. The number of Topliss-reactive ketones (excluding diaryl/α,β-unsaturated/α-hetero) is 2. The molecule has 0 amide bonds. The van der Waals surface area contributed by atoms with Crippen LogP contribution in [0.5, 0.6) is 5.75 Å². The zero-order valence-electron chi connectivity index (χ0n) is 23.1. The fourth-order valence-electron chi connectivity index (χ4n) is 6.26. The Labute approximate surface area is 251 Å². The van der Waals surface area contributed by atoms with Gasteiger partial charge in [-0.05, 0) is 75.0 Å². The highest BCUT2D eigenvalue weighted by molar-refractivity contribution is 9.10. The molecule has 0 saturated heterocycles. The zero-order chi connectivity index (χ0) is 29.0. The van der Waals surface area contributed by atoms with E-state index in [9.17, 15) is 19.5 Å². The molecule has 40 heavy (non-hydrogen) atoms. The van der Waals surface area contributed by atoms with E-state index in [-0.39, 0.29) is 28.9 Å². The summed E-state index contributed by atoms with van der Waals surface area (Å²) < 4.78 is 7.81. The van der Waals surface area contributed by atoms with Gasteiger partial charge in [0.2, 0.25) is 0 Å². The van der Waals surface area contributed by atoms with Crippen molar-refractivity contribution in [3.63, 3.8) is 0 Å². The van der Waals surface area contributed by atoms with Crippen LogP contribution in [-0.2, 0) is 21.0 Å². The van der Waals surface area contributed by atoms with Gasteiger partial charge in [0.05, 0.1) is 4.47 Å². The Hall–Kier alpha value is -2.71. The van der Waals surface area contributed by atoms with Crippen LogP contribution >= 0.6 is 31.9 Å². The lowest BCUT2D eigenvalue weighted by Gasteiger charge is -2.48. The molecule has 0 unspecified atom stereocenters. The SMILES string of the molecule is CC1(C)CC(=O)C2=C(C1)N(CC(=O)O)C1=C(C(=O)CC(C)(C)C1)C2c1ccc(OCc2ccc(Br)cc2)c(Br)c1. The zero-order valence-corrected chi connectivity index (χ0v) is 26.3. The number of carboxylic acids is 1. The van der Waals surface area contributed by atoms with Crippen LogP contribution in [0.1, 0.15) is 70.4 Å². The van der Waals surface area contributed by atoms with E-state index in [4.69, 9.17) is 4.74 Å². The molecule has 1 aliphatic heterocycles. The van der Waals surface area contributed by atoms with Crippen molar-refractivity contribution in [1.29, 1.82) is 0 Å². The summed E-state index contributed by atoms with van der Waals surface area (Å²) >= 11 is 7.11. The number of hydrogen-bond acceptors (Lipinski definition) is 5. The summed E-state index contributed by atoms with van der Waals surface area (Å²) in [6, 6.07) is 13.6. The Balaban J connectivity index is 1.60. The third-order valence-corrected chi connectivity index (χ3v) is 9.06. The van der Waals surface area contributed by atoms with Gasteiger partial charge in [-0.3, -0.25) is 14.4 Å². The molecule has 3 aliphatic rings. The van der Waals surface area contributed by atoms with E-state index in [1.54, 1.807) is 4.90 Å². The number of allylic oxidation sites excluding steroid dienone is 4. The number of ether oxygens (including phenoxy) is 1. The Morgan fingerprint density at radius 1 is 0.900 bits per heavy atom.